The average Bonchev–Trinajstić information content (AvgIpc) is 2.38. The average molecular weight is 257 g/mol. The summed E-state index contributed by atoms with van der Waals surface area (Å²) in [5.74, 6) is 1.79. The third kappa shape index (κ3) is 2.62. The van der Waals surface area contributed by atoms with Crippen molar-refractivity contribution in [3.05, 3.63) is 41.6 Å². The van der Waals surface area contributed by atoms with Crippen LogP contribution in [0.1, 0.15) is 11.1 Å². The lowest BCUT2D eigenvalue weighted by atomic mass is 10.1. The first-order valence-electron chi connectivity index (χ1n) is 6.13. The Morgan fingerprint density at radius 3 is 2.47 bits per heavy atom. The Labute approximate surface area is 113 Å². The minimum Gasteiger partial charge on any atom is -0.496 e. The normalized spacial score (nSPS) is 10.3. The number of hydrogen-bond acceptors (Lipinski definition) is 4. The topological polar surface area (TPSA) is 51.4 Å². The Morgan fingerprint density at radius 1 is 1.16 bits per heavy atom. The van der Waals surface area contributed by atoms with E-state index in [1.54, 1.807) is 13.3 Å². The molecule has 4 heteroatoms. The number of hydrogen-bond donors (Lipinski definition) is 1. The van der Waals surface area contributed by atoms with E-state index in [4.69, 9.17) is 10.5 Å². The summed E-state index contributed by atoms with van der Waals surface area (Å²) < 4.78 is 5.27. The lowest BCUT2D eigenvalue weighted by Crippen LogP contribution is -2.13. The van der Waals surface area contributed by atoms with Crippen LogP contribution in [0.5, 0.6) is 5.75 Å². The predicted molar refractivity (Wildman–Crippen MR) is 79.2 cm³/mol. The van der Waals surface area contributed by atoms with E-state index in [1.807, 2.05) is 44.0 Å². The first-order valence-corrected chi connectivity index (χ1v) is 6.13. The molecule has 100 valence electrons. The first kappa shape index (κ1) is 13.2. The third-order valence-corrected chi connectivity index (χ3v) is 3.16. The van der Waals surface area contributed by atoms with Gasteiger partial charge in [-0.2, -0.15) is 0 Å². The van der Waals surface area contributed by atoms with E-state index in [0.29, 0.717) is 5.69 Å². The molecule has 0 atom stereocenters. The van der Waals surface area contributed by atoms with Crippen LogP contribution < -0.4 is 15.4 Å². The second-order valence-corrected chi connectivity index (χ2v) is 4.62. The van der Waals surface area contributed by atoms with Crippen molar-refractivity contribution >= 4 is 17.2 Å². The van der Waals surface area contributed by atoms with Crippen molar-refractivity contribution < 1.29 is 4.74 Å². The number of methoxy groups -OCH3 is 1. The van der Waals surface area contributed by atoms with Gasteiger partial charge in [-0.25, -0.2) is 4.98 Å². The van der Waals surface area contributed by atoms with Crippen LogP contribution in [-0.4, -0.2) is 19.1 Å². The zero-order chi connectivity index (χ0) is 14.0. The largest absolute Gasteiger partial charge is 0.496 e. The SMILES string of the molecule is COc1ccc(N(C)c2ncc(N)cc2C)cc1C. The fraction of sp³-hybridized carbons (Fsp3) is 0.267. The Hall–Kier alpha value is -2.23. The molecule has 0 spiro atoms. The predicted octanol–water partition coefficient (Wildman–Crippen LogP) is 3.06. The van der Waals surface area contributed by atoms with Crippen LogP contribution >= 0.6 is 0 Å². The minimum atomic E-state index is 0.681. The lowest BCUT2D eigenvalue weighted by Gasteiger charge is -2.21. The molecule has 0 amide bonds. The van der Waals surface area contributed by atoms with E-state index >= 15 is 0 Å². The first-order chi connectivity index (χ1) is 9.02. The number of aryl methyl sites for hydroxylation is 2. The molecule has 4 nitrogen and oxygen atoms in total. The monoisotopic (exact) mass is 257 g/mol. The number of ether oxygens (including phenoxy) is 1. The van der Waals surface area contributed by atoms with Gasteiger partial charge in [0.05, 0.1) is 19.0 Å². The van der Waals surface area contributed by atoms with Gasteiger partial charge in [-0.15, -0.1) is 0 Å². The van der Waals surface area contributed by atoms with E-state index in [9.17, 15) is 0 Å². The van der Waals surface area contributed by atoms with Crippen LogP contribution in [0.2, 0.25) is 0 Å². The highest BCUT2D eigenvalue weighted by atomic mass is 16.5. The Balaban J connectivity index is 2.38. The summed E-state index contributed by atoms with van der Waals surface area (Å²) in [6.45, 7) is 4.03. The summed E-state index contributed by atoms with van der Waals surface area (Å²) >= 11 is 0. The van der Waals surface area contributed by atoms with Crippen molar-refractivity contribution in [1.29, 1.82) is 0 Å². The van der Waals surface area contributed by atoms with Crippen molar-refractivity contribution in [1.82, 2.24) is 4.98 Å². The van der Waals surface area contributed by atoms with Gasteiger partial charge in [-0.1, -0.05) is 0 Å². The number of nitrogen functional groups attached to an aromatic ring is 1. The van der Waals surface area contributed by atoms with Gasteiger partial charge in [-0.3, -0.25) is 0 Å². The summed E-state index contributed by atoms with van der Waals surface area (Å²) in [4.78, 5) is 6.44. The number of benzene rings is 1. The van der Waals surface area contributed by atoms with Crippen molar-refractivity contribution in [2.75, 3.05) is 24.8 Å². The Kier molecular flexibility index (Phi) is 3.60. The van der Waals surface area contributed by atoms with E-state index in [-0.39, 0.29) is 0 Å². The summed E-state index contributed by atoms with van der Waals surface area (Å²) in [5.41, 5.74) is 9.63. The smallest absolute Gasteiger partial charge is 0.135 e. The maximum atomic E-state index is 5.73. The summed E-state index contributed by atoms with van der Waals surface area (Å²) in [5, 5.41) is 0. The fourth-order valence-electron chi connectivity index (χ4n) is 2.13. The lowest BCUT2D eigenvalue weighted by molar-refractivity contribution is 0.412. The Morgan fingerprint density at radius 2 is 1.89 bits per heavy atom. The molecule has 2 rings (SSSR count). The van der Waals surface area contributed by atoms with Gasteiger partial charge in [0, 0.05) is 12.7 Å². The molecule has 19 heavy (non-hydrogen) atoms. The highest BCUT2D eigenvalue weighted by Gasteiger charge is 2.10. The summed E-state index contributed by atoms with van der Waals surface area (Å²) in [7, 11) is 3.67. The molecule has 0 aliphatic heterocycles. The summed E-state index contributed by atoms with van der Waals surface area (Å²) in [6.07, 6.45) is 1.68. The van der Waals surface area contributed by atoms with Crippen LogP contribution in [0.15, 0.2) is 30.5 Å². The number of nitrogens with zero attached hydrogens (tertiary/aromatic N) is 2. The van der Waals surface area contributed by atoms with Crippen LogP contribution in [0.4, 0.5) is 17.2 Å². The van der Waals surface area contributed by atoms with E-state index < -0.39 is 0 Å². The molecule has 0 saturated heterocycles. The molecule has 0 fully saturated rings. The quantitative estimate of drug-likeness (QED) is 0.918. The second kappa shape index (κ2) is 5.18. The molecule has 1 aromatic heterocycles. The van der Waals surface area contributed by atoms with Gasteiger partial charge in [-0.05, 0) is 49.2 Å². The molecule has 0 saturated carbocycles. The maximum Gasteiger partial charge on any atom is 0.135 e. The molecule has 2 N–H and O–H groups in total. The molecule has 1 heterocycles. The number of pyridine rings is 1. The summed E-state index contributed by atoms with van der Waals surface area (Å²) in [6, 6.07) is 7.99. The zero-order valence-corrected chi connectivity index (χ0v) is 11.8. The standard InChI is InChI=1S/C15H19N3O/c1-10-8-13(5-6-14(10)19-4)18(3)15-11(2)7-12(16)9-17-15/h5-9H,16H2,1-4H3. The van der Waals surface area contributed by atoms with Crippen molar-refractivity contribution in [2.24, 2.45) is 0 Å². The molecular formula is C15H19N3O. The van der Waals surface area contributed by atoms with Gasteiger partial charge in [0.2, 0.25) is 0 Å². The highest BCUT2D eigenvalue weighted by Crippen LogP contribution is 2.29. The molecule has 0 radical (unpaired) electrons. The van der Waals surface area contributed by atoms with Crippen LogP contribution in [0.3, 0.4) is 0 Å². The fourth-order valence-corrected chi connectivity index (χ4v) is 2.13. The van der Waals surface area contributed by atoms with Crippen molar-refractivity contribution in [2.45, 2.75) is 13.8 Å². The van der Waals surface area contributed by atoms with Crippen LogP contribution in [0, 0.1) is 13.8 Å². The molecular weight excluding hydrogens is 238 g/mol. The van der Waals surface area contributed by atoms with E-state index in [0.717, 1.165) is 28.4 Å². The van der Waals surface area contributed by atoms with Crippen LogP contribution in [-0.2, 0) is 0 Å². The zero-order valence-electron chi connectivity index (χ0n) is 11.8. The number of anilines is 3. The molecule has 0 unspecified atom stereocenters. The van der Waals surface area contributed by atoms with Crippen molar-refractivity contribution in [3.63, 3.8) is 0 Å². The molecule has 0 bridgehead atoms. The van der Waals surface area contributed by atoms with Crippen molar-refractivity contribution in [3.8, 4) is 5.75 Å². The molecule has 0 aliphatic carbocycles. The maximum absolute atomic E-state index is 5.73. The molecule has 1 aromatic carbocycles. The van der Waals surface area contributed by atoms with Gasteiger partial charge in [0.1, 0.15) is 11.6 Å². The van der Waals surface area contributed by atoms with Gasteiger partial charge < -0.3 is 15.4 Å². The van der Waals surface area contributed by atoms with Crippen LogP contribution in [0.25, 0.3) is 0 Å². The molecule has 2 aromatic rings. The van der Waals surface area contributed by atoms with Gasteiger partial charge in [0.25, 0.3) is 0 Å². The number of nitrogens with two attached hydrogens (primary N) is 1. The minimum absolute atomic E-state index is 0.681. The van der Waals surface area contributed by atoms with Gasteiger partial charge in [0.15, 0.2) is 0 Å². The van der Waals surface area contributed by atoms with E-state index in [1.165, 1.54) is 0 Å². The highest BCUT2D eigenvalue weighted by molar-refractivity contribution is 5.65. The van der Waals surface area contributed by atoms with E-state index in [2.05, 4.69) is 11.1 Å². The third-order valence-electron chi connectivity index (χ3n) is 3.16. The van der Waals surface area contributed by atoms with Gasteiger partial charge >= 0.3 is 0 Å². The second-order valence-electron chi connectivity index (χ2n) is 4.62. The molecule has 0 aliphatic rings. The number of aromatic nitrogens is 1. The Bertz CT molecular complexity index is 596. The number of rotatable bonds is 3.